The van der Waals surface area contributed by atoms with E-state index < -0.39 is 0 Å². The Labute approximate surface area is 163 Å². The van der Waals surface area contributed by atoms with Crippen LogP contribution in [0.15, 0.2) is 54.9 Å². The van der Waals surface area contributed by atoms with E-state index in [0.29, 0.717) is 18.3 Å². The van der Waals surface area contributed by atoms with Crippen molar-refractivity contribution in [1.29, 1.82) is 0 Å². The molecule has 1 fully saturated rings. The van der Waals surface area contributed by atoms with Crippen LogP contribution >= 0.6 is 11.6 Å². The van der Waals surface area contributed by atoms with E-state index >= 15 is 0 Å². The summed E-state index contributed by atoms with van der Waals surface area (Å²) in [4.78, 5) is 13.4. The smallest absolute Gasteiger partial charge is 0.247 e. The molecule has 4 rings (SSSR count). The molecule has 3 heterocycles. The van der Waals surface area contributed by atoms with Gasteiger partial charge in [0.1, 0.15) is 5.82 Å². The molecule has 1 aromatic carbocycles. The van der Waals surface area contributed by atoms with Gasteiger partial charge in [0.15, 0.2) is 5.82 Å². The average Bonchev–Trinajstić information content (AvgIpc) is 2.74. The van der Waals surface area contributed by atoms with Gasteiger partial charge in [-0.3, -0.25) is 0 Å². The Kier molecular flexibility index (Phi) is 5.29. The highest BCUT2D eigenvalue weighted by Gasteiger charge is 2.20. The Morgan fingerprint density at radius 3 is 2.52 bits per heavy atom. The summed E-state index contributed by atoms with van der Waals surface area (Å²) in [6.07, 6.45) is 3.45. The summed E-state index contributed by atoms with van der Waals surface area (Å²) in [5.41, 5.74) is 1.02. The number of aromatic nitrogens is 4. The third-order valence-electron chi connectivity index (χ3n) is 4.50. The Hall–Kier alpha value is -2.93. The minimum atomic E-state index is 0.589. The van der Waals surface area contributed by atoms with Gasteiger partial charge in [0.2, 0.25) is 5.95 Å². The highest BCUT2D eigenvalue weighted by atomic mass is 35.5. The first-order valence-corrected chi connectivity index (χ1v) is 9.25. The number of benzene rings is 1. The number of hydrogen-bond acceptors (Lipinski definition) is 7. The maximum atomic E-state index is 6.20. The maximum absolute atomic E-state index is 6.20. The molecule has 3 aromatic rings. The molecule has 7 nitrogen and oxygen atoms in total. The van der Waals surface area contributed by atoms with Crippen molar-refractivity contribution < 1.29 is 0 Å². The molecule has 0 unspecified atom stereocenters. The van der Waals surface area contributed by atoms with Crippen LogP contribution in [-0.2, 0) is 6.54 Å². The Morgan fingerprint density at radius 1 is 0.963 bits per heavy atom. The second-order valence-corrected chi connectivity index (χ2v) is 6.66. The van der Waals surface area contributed by atoms with Gasteiger partial charge < -0.3 is 15.1 Å². The van der Waals surface area contributed by atoms with Crippen LogP contribution in [0.25, 0.3) is 0 Å². The van der Waals surface area contributed by atoms with Gasteiger partial charge in [0.05, 0.1) is 6.20 Å². The number of pyridine rings is 1. The molecule has 0 radical (unpaired) electrons. The lowest BCUT2D eigenvalue weighted by atomic mass is 10.2. The molecule has 27 heavy (non-hydrogen) atoms. The van der Waals surface area contributed by atoms with Gasteiger partial charge >= 0.3 is 0 Å². The van der Waals surface area contributed by atoms with Gasteiger partial charge in [0.25, 0.3) is 0 Å². The van der Waals surface area contributed by atoms with Gasteiger partial charge in [-0.15, -0.1) is 5.10 Å². The van der Waals surface area contributed by atoms with E-state index in [2.05, 4.69) is 35.3 Å². The SMILES string of the molecule is Clc1ccccc1CNc1cnnc(N2CCN(c3ccccn3)CC2)n1. The second kappa shape index (κ2) is 8.18. The van der Waals surface area contributed by atoms with Gasteiger partial charge in [-0.2, -0.15) is 10.1 Å². The van der Waals surface area contributed by atoms with E-state index in [-0.39, 0.29) is 0 Å². The molecule has 0 saturated carbocycles. The predicted octanol–water partition coefficient (Wildman–Crippen LogP) is 2.86. The van der Waals surface area contributed by atoms with Crippen LogP contribution in [0.5, 0.6) is 0 Å². The first-order valence-electron chi connectivity index (χ1n) is 8.87. The van der Waals surface area contributed by atoms with Crippen LogP contribution in [0.2, 0.25) is 5.02 Å². The summed E-state index contributed by atoms with van der Waals surface area (Å²) < 4.78 is 0. The van der Waals surface area contributed by atoms with Crippen LogP contribution < -0.4 is 15.1 Å². The van der Waals surface area contributed by atoms with Gasteiger partial charge in [-0.1, -0.05) is 35.9 Å². The molecular formula is C19H20ClN7. The molecular weight excluding hydrogens is 362 g/mol. The summed E-state index contributed by atoms with van der Waals surface area (Å²) in [5, 5.41) is 12.3. The lowest BCUT2D eigenvalue weighted by Gasteiger charge is -2.35. The Morgan fingerprint density at radius 2 is 1.74 bits per heavy atom. The standard InChI is InChI=1S/C19H20ClN7/c20-16-6-2-1-5-15(16)13-22-17-14-23-25-19(24-17)27-11-9-26(10-12-27)18-7-3-4-8-21-18/h1-8,14H,9-13H2,(H,22,24,25). The summed E-state index contributed by atoms with van der Waals surface area (Å²) in [7, 11) is 0. The van der Waals surface area contributed by atoms with Crippen molar-refractivity contribution in [2.75, 3.05) is 41.3 Å². The number of hydrogen-bond donors (Lipinski definition) is 1. The maximum Gasteiger partial charge on any atom is 0.247 e. The lowest BCUT2D eigenvalue weighted by molar-refractivity contribution is 0.630. The summed E-state index contributed by atoms with van der Waals surface area (Å²) in [6.45, 7) is 3.99. The number of piperazine rings is 1. The zero-order chi connectivity index (χ0) is 18.5. The van der Waals surface area contributed by atoms with Gasteiger partial charge in [0, 0.05) is 43.9 Å². The first kappa shape index (κ1) is 17.5. The van der Waals surface area contributed by atoms with Crippen LogP contribution in [0.1, 0.15) is 5.56 Å². The van der Waals surface area contributed by atoms with Crippen molar-refractivity contribution in [2.45, 2.75) is 6.54 Å². The zero-order valence-corrected chi connectivity index (χ0v) is 15.5. The summed E-state index contributed by atoms with van der Waals surface area (Å²) >= 11 is 6.20. The minimum absolute atomic E-state index is 0.589. The molecule has 0 aliphatic carbocycles. The third-order valence-corrected chi connectivity index (χ3v) is 4.87. The van der Waals surface area contributed by atoms with E-state index in [0.717, 1.165) is 42.6 Å². The first-order chi connectivity index (χ1) is 13.3. The summed E-state index contributed by atoms with van der Waals surface area (Å²) in [5.74, 6) is 2.33. The van der Waals surface area contributed by atoms with Crippen LogP contribution in [0.4, 0.5) is 17.6 Å². The fourth-order valence-electron chi connectivity index (χ4n) is 3.02. The van der Waals surface area contributed by atoms with Crippen molar-refractivity contribution in [3.8, 4) is 0 Å². The minimum Gasteiger partial charge on any atom is -0.364 e. The van der Waals surface area contributed by atoms with Crippen LogP contribution in [0.3, 0.4) is 0 Å². The highest BCUT2D eigenvalue weighted by molar-refractivity contribution is 6.31. The molecule has 1 saturated heterocycles. The molecule has 138 valence electrons. The highest BCUT2D eigenvalue weighted by Crippen LogP contribution is 2.18. The molecule has 0 atom stereocenters. The average molecular weight is 382 g/mol. The number of nitrogens with zero attached hydrogens (tertiary/aromatic N) is 6. The number of rotatable bonds is 5. The van der Waals surface area contributed by atoms with Crippen molar-refractivity contribution in [1.82, 2.24) is 20.2 Å². The molecule has 0 amide bonds. The Bertz CT molecular complexity index is 882. The third kappa shape index (κ3) is 4.25. The number of nitrogens with one attached hydrogen (secondary N) is 1. The molecule has 1 N–H and O–H groups in total. The fourth-order valence-corrected chi connectivity index (χ4v) is 3.22. The molecule has 0 bridgehead atoms. The zero-order valence-electron chi connectivity index (χ0n) is 14.8. The molecule has 2 aromatic heterocycles. The van der Waals surface area contributed by atoms with Crippen molar-refractivity contribution in [3.05, 3.63) is 65.4 Å². The predicted molar refractivity (Wildman–Crippen MR) is 107 cm³/mol. The van der Waals surface area contributed by atoms with E-state index in [1.54, 1.807) is 6.20 Å². The number of halogens is 1. The van der Waals surface area contributed by atoms with Crippen LogP contribution in [0, 0.1) is 0 Å². The van der Waals surface area contributed by atoms with Crippen molar-refractivity contribution in [2.24, 2.45) is 0 Å². The Balaban J connectivity index is 1.37. The summed E-state index contributed by atoms with van der Waals surface area (Å²) in [6, 6.07) is 13.7. The van der Waals surface area contributed by atoms with Gasteiger partial charge in [-0.25, -0.2) is 4.98 Å². The molecule has 8 heteroatoms. The lowest BCUT2D eigenvalue weighted by Crippen LogP contribution is -2.47. The normalized spacial score (nSPS) is 14.3. The monoisotopic (exact) mass is 381 g/mol. The van der Waals surface area contributed by atoms with Crippen LogP contribution in [-0.4, -0.2) is 46.3 Å². The van der Waals surface area contributed by atoms with E-state index in [1.807, 2.05) is 48.7 Å². The molecule has 0 spiro atoms. The van der Waals surface area contributed by atoms with Crippen molar-refractivity contribution in [3.63, 3.8) is 0 Å². The topological polar surface area (TPSA) is 70.1 Å². The van der Waals surface area contributed by atoms with Gasteiger partial charge in [-0.05, 0) is 23.8 Å². The van der Waals surface area contributed by atoms with Crippen molar-refractivity contribution >= 4 is 29.2 Å². The van der Waals surface area contributed by atoms with E-state index in [4.69, 9.17) is 11.6 Å². The largest absolute Gasteiger partial charge is 0.364 e. The van der Waals surface area contributed by atoms with E-state index in [9.17, 15) is 0 Å². The number of anilines is 3. The second-order valence-electron chi connectivity index (χ2n) is 6.25. The van der Waals surface area contributed by atoms with E-state index in [1.165, 1.54) is 0 Å². The fraction of sp³-hybridized carbons (Fsp3) is 0.263. The quantitative estimate of drug-likeness (QED) is 0.728. The molecule has 1 aliphatic heterocycles. The molecule has 1 aliphatic rings.